The minimum atomic E-state index is 0. The Bertz CT molecular complexity index is 8.49. The molecule has 0 bridgehead atoms. The molecule has 0 spiro atoms. The normalized spacial score (nSPS) is 0. The Morgan fingerprint density at radius 2 is 0.375 bits per heavy atom. The Morgan fingerprint density at radius 1 is 0.375 bits per heavy atom. The summed E-state index contributed by atoms with van der Waals surface area (Å²) >= 11 is 0. The Kier molecular flexibility index (Phi) is 39100000. The molecule has 0 unspecified atom stereocenters. The summed E-state index contributed by atoms with van der Waals surface area (Å²) in [5.41, 5.74) is 0. The summed E-state index contributed by atoms with van der Waals surface area (Å²) in [5, 5.41) is 0. The third-order valence-electron chi connectivity index (χ3n) is 0. The average molecular weight is 144 g/mol. The molecule has 0 heterocycles. The molecule has 0 fully saturated rings. The van der Waals surface area contributed by atoms with Crippen molar-refractivity contribution < 1.29 is 52.6 Å². The van der Waals surface area contributed by atoms with Crippen LogP contribution in [0.4, 0.5) is 28.2 Å². The molecule has 1 N–H and O–H groups in total. The first-order valence-corrected chi connectivity index (χ1v) is 0. The summed E-state index contributed by atoms with van der Waals surface area (Å²) in [5.74, 6) is 0. The van der Waals surface area contributed by atoms with E-state index in [9.17, 15) is 0 Å². The van der Waals surface area contributed by atoms with Crippen LogP contribution in [0.1, 0.15) is 0 Å². The second kappa shape index (κ2) is 14200. The molecule has 0 aromatic rings. The standard InChI is InChI=1S/6FH.Li.H2O/h6*1H;;1H2/q;;;;;;+1;/p-1. The molecule has 0 amide bonds. The first-order valence-electron chi connectivity index (χ1n) is 0. The van der Waals surface area contributed by atoms with Gasteiger partial charge in [0, 0.05) is 0 Å². The second-order valence-corrected chi connectivity index (χ2v) is 0. The zero-order valence-electron chi connectivity index (χ0n) is 3.90. The van der Waals surface area contributed by atoms with E-state index < -0.39 is 0 Å². The monoisotopic (exact) mass is 144 g/mol. The van der Waals surface area contributed by atoms with Crippen LogP contribution < -0.4 is 18.9 Å². The van der Waals surface area contributed by atoms with Crippen molar-refractivity contribution >= 4 is 0 Å². The van der Waals surface area contributed by atoms with Crippen LogP contribution in [0, 0.1) is 0 Å². The van der Waals surface area contributed by atoms with E-state index in [1.54, 1.807) is 0 Å². The fourth-order valence-corrected chi connectivity index (χ4v) is 0. The molecule has 0 aliphatic heterocycles. The minimum Gasteiger partial charge on any atom is -0.870 e. The van der Waals surface area contributed by atoms with Gasteiger partial charge in [-0.05, 0) is 0 Å². The smallest absolute Gasteiger partial charge is 0.870 e. The number of halogens is 6. The molecule has 8 heteroatoms. The Hall–Kier alpha value is 0.137. The molecule has 0 aliphatic carbocycles. The van der Waals surface area contributed by atoms with Gasteiger partial charge in [0.05, 0.1) is 0 Å². The van der Waals surface area contributed by atoms with E-state index >= 15 is 0 Å². The van der Waals surface area contributed by atoms with Crippen molar-refractivity contribution in [2.75, 3.05) is 0 Å². The molecule has 0 aromatic heterocycles. The largest absolute Gasteiger partial charge is 1.00 e. The van der Waals surface area contributed by atoms with Crippen LogP contribution in [0.5, 0.6) is 0 Å². The van der Waals surface area contributed by atoms with Gasteiger partial charge in [-0.3, -0.25) is 28.2 Å². The van der Waals surface area contributed by atoms with Gasteiger partial charge in [-0.2, -0.15) is 0 Å². The summed E-state index contributed by atoms with van der Waals surface area (Å²) < 4.78 is 0. The van der Waals surface area contributed by atoms with Gasteiger partial charge in [-0.25, -0.2) is 0 Å². The molecule has 0 saturated carbocycles. The Labute approximate surface area is 53.5 Å². The third kappa shape index (κ3) is 8580. The third-order valence-corrected chi connectivity index (χ3v) is 0. The molecule has 0 saturated heterocycles. The number of rotatable bonds is 0. The first kappa shape index (κ1) is 22000. The van der Waals surface area contributed by atoms with Gasteiger partial charge in [0.2, 0.25) is 0 Å². The molecule has 8 heavy (non-hydrogen) atoms. The van der Waals surface area contributed by atoms with Gasteiger partial charge in [0.25, 0.3) is 0 Å². The number of hydrogen-bond acceptors (Lipinski definition) is 1. The summed E-state index contributed by atoms with van der Waals surface area (Å²) in [7, 11) is 0. The van der Waals surface area contributed by atoms with Crippen LogP contribution in [-0.4, -0.2) is 5.48 Å². The molecule has 0 aliphatic rings. The van der Waals surface area contributed by atoms with Gasteiger partial charge in [0.15, 0.2) is 0 Å². The van der Waals surface area contributed by atoms with Crippen molar-refractivity contribution in [3.05, 3.63) is 0 Å². The maximum atomic E-state index is 0. The maximum absolute atomic E-state index is 0. The van der Waals surface area contributed by atoms with E-state index in [2.05, 4.69) is 0 Å². The van der Waals surface area contributed by atoms with E-state index in [0.717, 1.165) is 0 Å². The van der Waals surface area contributed by atoms with E-state index in [0.29, 0.717) is 0 Å². The molecule has 0 radical (unpaired) electrons. The quantitative estimate of drug-likeness (QED) is 0.279. The molecular formula is H7F6LiO. The Balaban J connectivity index is 0. The average Bonchev–Trinajstić information content (AvgIpc) is 0. The molecule has 0 rings (SSSR count). The fourth-order valence-electron chi connectivity index (χ4n) is 0. The molecule has 56 valence electrons. The zero-order valence-corrected chi connectivity index (χ0v) is 3.90. The van der Waals surface area contributed by atoms with E-state index in [1.807, 2.05) is 0 Å². The molecular weight excluding hydrogens is 137 g/mol. The SMILES string of the molecule is F.F.F.F.F.F.[Li+].[OH-]. The van der Waals surface area contributed by atoms with Gasteiger partial charge < -0.3 is 5.48 Å². The van der Waals surface area contributed by atoms with Crippen LogP contribution in [-0.2, 0) is 0 Å². The van der Waals surface area contributed by atoms with Crippen molar-refractivity contribution in [2.24, 2.45) is 0 Å². The summed E-state index contributed by atoms with van der Waals surface area (Å²) in [6.45, 7) is 0. The zero-order chi connectivity index (χ0) is 0. The summed E-state index contributed by atoms with van der Waals surface area (Å²) in [6, 6.07) is 0. The van der Waals surface area contributed by atoms with E-state index in [4.69, 9.17) is 0 Å². The van der Waals surface area contributed by atoms with Gasteiger partial charge in [-0.15, -0.1) is 0 Å². The molecule has 1 nitrogen and oxygen atoms in total. The summed E-state index contributed by atoms with van der Waals surface area (Å²) in [6.07, 6.45) is 0. The van der Waals surface area contributed by atoms with E-state index in [1.165, 1.54) is 0 Å². The van der Waals surface area contributed by atoms with Crippen LogP contribution in [0.15, 0.2) is 0 Å². The fraction of sp³-hybridized carbons (Fsp3) is 0. The molecule has 0 atom stereocenters. The van der Waals surface area contributed by atoms with Gasteiger partial charge in [0.1, 0.15) is 0 Å². The van der Waals surface area contributed by atoms with E-state index in [-0.39, 0.29) is 52.6 Å². The predicted octanol–water partition coefficient (Wildman–Crippen LogP) is -2.26. The van der Waals surface area contributed by atoms with Crippen LogP contribution in [0.3, 0.4) is 0 Å². The second-order valence-electron chi connectivity index (χ2n) is 0. The van der Waals surface area contributed by atoms with Crippen molar-refractivity contribution in [1.29, 1.82) is 0 Å². The molecule has 0 aromatic carbocycles. The van der Waals surface area contributed by atoms with Gasteiger partial charge in [-0.1, -0.05) is 0 Å². The Morgan fingerprint density at radius 3 is 0.375 bits per heavy atom. The van der Waals surface area contributed by atoms with Crippen molar-refractivity contribution in [3.8, 4) is 0 Å². The topological polar surface area (TPSA) is 30.0 Å². The van der Waals surface area contributed by atoms with Crippen LogP contribution >= 0.6 is 0 Å². The minimum absolute atomic E-state index is 0. The van der Waals surface area contributed by atoms with Crippen molar-refractivity contribution in [3.63, 3.8) is 0 Å². The van der Waals surface area contributed by atoms with Crippen LogP contribution in [0.2, 0.25) is 0 Å². The van der Waals surface area contributed by atoms with Gasteiger partial charge >= 0.3 is 18.9 Å². The summed E-state index contributed by atoms with van der Waals surface area (Å²) in [4.78, 5) is 0. The first-order chi connectivity index (χ1) is 0. The maximum Gasteiger partial charge on any atom is 1.00 e. The van der Waals surface area contributed by atoms with Crippen molar-refractivity contribution in [1.82, 2.24) is 0 Å². The number of hydrogen-bond donors (Lipinski definition) is 0. The predicted molar refractivity (Wildman–Crippen MR) is 17.0 cm³/mol. The van der Waals surface area contributed by atoms with Crippen molar-refractivity contribution in [2.45, 2.75) is 0 Å². The van der Waals surface area contributed by atoms with Crippen LogP contribution in [0.25, 0.3) is 0 Å².